The summed E-state index contributed by atoms with van der Waals surface area (Å²) in [4.78, 5) is 16.7. The van der Waals surface area contributed by atoms with Crippen LogP contribution in [0.3, 0.4) is 0 Å². The number of amides is 1. The highest BCUT2D eigenvalue weighted by molar-refractivity contribution is 5.83. The van der Waals surface area contributed by atoms with Crippen molar-refractivity contribution in [2.24, 2.45) is 5.41 Å². The summed E-state index contributed by atoms with van der Waals surface area (Å²) in [5.74, 6) is 0.267. The van der Waals surface area contributed by atoms with Crippen molar-refractivity contribution in [3.63, 3.8) is 0 Å². The normalized spacial score (nSPS) is 14.2. The predicted octanol–water partition coefficient (Wildman–Crippen LogP) is 13.9. The molecule has 1 amide bonds. The number of aliphatic hydroxyl groups excluding tert-OH is 2. The van der Waals surface area contributed by atoms with Crippen molar-refractivity contribution in [1.29, 1.82) is 0 Å². The van der Waals surface area contributed by atoms with Gasteiger partial charge in [-0.1, -0.05) is 221 Å². The molecule has 0 aromatic heterocycles. The maximum Gasteiger partial charge on any atom is 0.229 e. The van der Waals surface area contributed by atoms with Crippen molar-refractivity contribution in [2.75, 3.05) is 13.2 Å². The quantitative estimate of drug-likeness (QED) is 0.0630. The van der Waals surface area contributed by atoms with E-state index >= 15 is 0 Å². The van der Waals surface area contributed by atoms with Gasteiger partial charge in [-0.3, -0.25) is 4.79 Å². The number of rotatable bonds is 39. The maximum absolute atomic E-state index is 14.7. The molecule has 0 aliphatic carbocycles. The molecule has 0 saturated heterocycles. The van der Waals surface area contributed by atoms with Gasteiger partial charge in [-0.25, -0.2) is 0 Å². The fraction of sp³-hybridized carbons (Fsp3) is 0.978. The number of carbonyl (C=O) groups is 1. The summed E-state index contributed by atoms with van der Waals surface area (Å²) >= 11 is 0. The van der Waals surface area contributed by atoms with Gasteiger partial charge in [0.2, 0.25) is 5.91 Å². The Kier molecular flexibility index (Phi) is 35.3. The summed E-state index contributed by atoms with van der Waals surface area (Å²) in [6.45, 7) is 11.2. The third-order valence-electron chi connectivity index (χ3n) is 11.6. The van der Waals surface area contributed by atoms with Crippen LogP contribution in [-0.4, -0.2) is 46.3 Å². The van der Waals surface area contributed by atoms with Gasteiger partial charge in [0.05, 0.1) is 12.7 Å². The van der Waals surface area contributed by atoms with Crippen LogP contribution in [0.5, 0.6) is 0 Å². The molecule has 2 N–H and O–H groups in total. The third-order valence-corrected chi connectivity index (χ3v) is 11.6. The Balaban J connectivity index is 5.08. The Hall–Kier alpha value is -0.610. The molecule has 0 radical (unpaired) electrons. The Bertz CT molecular complexity index is 684. The highest BCUT2D eigenvalue weighted by atomic mass is 16.3. The lowest BCUT2D eigenvalue weighted by molar-refractivity contribution is -0.148. The zero-order valence-corrected chi connectivity index (χ0v) is 34.4. The topological polar surface area (TPSA) is 60.8 Å². The fourth-order valence-corrected chi connectivity index (χ4v) is 8.00. The third kappa shape index (κ3) is 25.9. The number of nitrogens with zero attached hydrogens (tertiary/aromatic N) is 1. The van der Waals surface area contributed by atoms with Crippen molar-refractivity contribution in [3.8, 4) is 0 Å². The molecule has 0 spiro atoms. The van der Waals surface area contributed by atoms with Crippen LogP contribution in [0.4, 0.5) is 0 Å². The highest BCUT2D eigenvalue weighted by Gasteiger charge is 2.40. The van der Waals surface area contributed by atoms with Crippen LogP contribution in [-0.2, 0) is 4.79 Å². The summed E-state index contributed by atoms with van der Waals surface area (Å²) in [5.41, 5.74) is -0.344. The van der Waals surface area contributed by atoms with E-state index in [1.165, 1.54) is 167 Å². The minimum absolute atomic E-state index is 0.143. The number of hydrogen-bond donors (Lipinski definition) is 2. The standard InChI is InChI=1S/C45H91NO3/c1-6-11-14-16-18-20-22-24-25-27-29-31-33-36-39-45(10-5,38-35-32-30-28-26-23-21-19-17-15-12-7-2)44(49)46(40-43(48)41-47)42(9-4)37-34-13-8-3/h42-43,47-48H,6-41H2,1-5H3. The number of unbranched alkanes of at least 4 members (excludes halogenated alkanes) is 26. The summed E-state index contributed by atoms with van der Waals surface area (Å²) in [6.07, 6.45) is 42.2. The smallest absolute Gasteiger partial charge is 0.229 e. The van der Waals surface area contributed by atoms with Gasteiger partial charge in [0.15, 0.2) is 0 Å². The zero-order chi connectivity index (χ0) is 36.3. The van der Waals surface area contributed by atoms with Crippen LogP contribution >= 0.6 is 0 Å². The van der Waals surface area contributed by atoms with Gasteiger partial charge in [0, 0.05) is 18.0 Å². The van der Waals surface area contributed by atoms with Gasteiger partial charge in [-0.2, -0.15) is 0 Å². The molecule has 3 atom stereocenters. The molecule has 49 heavy (non-hydrogen) atoms. The van der Waals surface area contributed by atoms with Crippen molar-refractivity contribution in [2.45, 2.75) is 265 Å². The number of carbonyl (C=O) groups excluding carboxylic acids is 1. The second-order valence-electron chi connectivity index (χ2n) is 16.0. The lowest BCUT2D eigenvalue weighted by atomic mass is 9.74. The van der Waals surface area contributed by atoms with E-state index in [0.717, 1.165) is 51.4 Å². The van der Waals surface area contributed by atoms with Crippen molar-refractivity contribution in [1.82, 2.24) is 4.90 Å². The van der Waals surface area contributed by atoms with Crippen LogP contribution in [0.2, 0.25) is 0 Å². The predicted molar refractivity (Wildman–Crippen MR) is 216 cm³/mol. The molecular formula is C45H91NO3. The molecule has 3 unspecified atom stereocenters. The van der Waals surface area contributed by atoms with Crippen LogP contribution in [0.1, 0.15) is 253 Å². The van der Waals surface area contributed by atoms with Gasteiger partial charge in [-0.15, -0.1) is 0 Å². The average molecular weight is 694 g/mol. The van der Waals surface area contributed by atoms with Crippen molar-refractivity contribution < 1.29 is 15.0 Å². The molecule has 0 fully saturated rings. The summed E-state index contributed by atoms with van der Waals surface area (Å²) in [5, 5.41) is 20.4. The van der Waals surface area contributed by atoms with E-state index < -0.39 is 6.10 Å². The fourth-order valence-electron chi connectivity index (χ4n) is 8.00. The molecule has 294 valence electrons. The summed E-state index contributed by atoms with van der Waals surface area (Å²) in [6, 6.07) is 0.143. The van der Waals surface area contributed by atoms with Gasteiger partial charge in [0.1, 0.15) is 0 Å². The van der Waals surface area contributed by atoms with Crippen LogP contribution in [0.25, 0.3) is 0 Å². The average Bonchev–Trinajstić information content (AvgIpc) is 3.12. The van der Waals surface area contributed by atoms with Gasteiger partial charge < -0.3 is 15.1 Å². The van der Waals surface area contributed by atoms with Crippen LogP contribution < -0.4 is 0 Å². The molecule has 0 rings (SSSR count). The first-order chi connectivity index (χ1) is 24.0. The minimum Gasteiger partial charge on any atom is -0.394 e. The molecule has 4 nitrogen and oxygen atoms in total. The van der Waals surface area contributed by atoms with E-state index in [0.29, 0.717) is 0 Å². The van der Waals surface area contributed by atoms with E-state index in [4.69, 9.17) is 0 Å². The lowest BCUT2D eigenvalue weighted by Crippen LogP contribution is -2.51. The van der Waals surface area contributed by atoms with Crippen molar-refractivity contribution in [3.05, 3.63) is 0 Å². The lowest BCUT2D eigenvalue weighted by Gasteiger charge is -2.41. The van der Waals surface area contributed by atoms with Gasteiger partial charge in [0.25, 0.3) is 0 Å². The monoisotopic (exact) mass is 694 g/mol. The molecule has 4 heteroatoms. The number of hydrogen-bond acceptors (Lipinski definition) is 3. The van der Waals surface area contributed by atoms with E-state index in [1.807, 2.05) is 4.90 Å². The molecule has 0 heterocycles. The Labute approximate surface area is 308 Å². The molecule has 0 saturated carbocycles. The number of aliphatic hydroxyl groups is 2. The molecule has 0 aliphatic rings. The first kappa shape index (κ1) is 48.4. The Morgan fingerprint density at radius 2 is 0.837 bits per heavy atom. The largest absolute Gasteiger partial charge is 0.394 e. The summed E-state index contributed by atoms with van der Waals surface area (Å²) < 4.78 is 0. The van der Waals surface area contributed by atoms with Crippen LogP contribution in [0.15, 0.2) is 0 Å². The van der Waals surface area contributed by atoms with E-state index in [9.17, 15) is 15.0 Å². The van der Waals surface area contributed by atoms with Crippen molar-refractivity contribution >= 4 is 5.91 Å². The molecule has 0 aromatic carbocycles. The van der Waals surface area contributed by atoms with Crippen LogP contribution in [0, 0.1) is 5.41 Å². The van der Waals surface area contributed by atoms with Gasteiger partial charge >= 0.3 is 0 Å². The SMILES string of the molecule is CCCCCCCCCCCCCCCCC(CC)(CCCCCCCCCCCCCC)C(=O)N(CC(O)CO)C(CC)CCCCC. The Morgan fingerprint density at radius 1 is 0.510 bits per heavy atom. The maximum atomic E-state index is 14.7. The van der Waals surface area contributed by atoms with Gasteiger partial charge in [-0.05, 0) is 32.1 Å². The second-order valence-corrected chi connectivity index (χ2v) is 16.0. The van der Waals surface area contributed by atoms with E-state index in [-0.39, 0.29) is 30.5 Å². The molecule has 0 aliphatic heterocycles. The first-order valence-electron chi connectivity index (χ1n) is 22.6. The summed E-state index contributed by atoms with van der Waals surface area (Å²) in [7, 11) is 0. The zero-order valence-electron chi connectivity index (χ0n) is 34.4. The molecular weight excluding hydrogens is 602 g/mol. The molecule has 0 bridgehead atoms. The second kappa shape index (κ2) is 35.8. The Morgan fingerprint density at radius 3 is 1.14 bits per heavy atom. The van der Waals surface area contributed by atoms with E-state index in [2.05, 4.69) is 34.6 Å². The molecule has 0 aromatic rings. The minimum atomic E-state index is -0.869. The van der Waals surface area contributed by atoms with E-state index in [1.54, 1.807) is 0 Å². The highest BCUT2D eigenvalue weighted by Crippen LogP contribution is 2.39. The first-order valence-corrected chi connectivity index (χ1v) is 22.6.